The van der Waals surface area contributed by atoms with E-state index < -0.39 is 17.5 Å². The van der Waals surface area contributed by atoms with Crippen molar-refractivity contribution >= 4 is 29.1 Å². The van der Waals surface area contributed by atoms with Crippen molar-refractivity contribution in [1.82, 2.24) is 15.5 Å². The van der Waals surface area contributed by atoms with E-state index in [4.69, 9.17) is 23.2 Å². The van der Waals surface area contributed by atoms with E-state index in [9.17, 15) is 13.6 Å². The Bertz CT molecular complexity index is 662. The third-order valence-electron chi connectivity index (χ3n) is 2.59. The quantitative estimate of drug-likeness (QED) is 0.936. The van der Waals surface area contributed by atoms with Crippen molar-refractivity contribution in [2.75, 3.05) is 6.54 Å². The van der Waals surface area contributed by atoms with Crippen molar-refractivity contribution in [1.29, 1.82) is 0 Å². The summed E-state index contributed by atoms with van der Waals surface area (Å²) in [6.07, 6.45) is 0.268. The molecule has 0 fully saturated rings. The van der Waals surface area contributed by atoms with Crippen molar-refractivity contribution in [3.63, 3.8) is 0 Å². The van der Waals surface area contributed by atoms with Crippen LogP contribution < -0.4 is 5.32 Å². The van der Waals surface area contributed by atoms with E-state index in [-0.39, 0.29) is 28.8 Å². The van der Waals surface area contributed by atoms with Crippen LogP contribution in [-0.4, -0.2) is 22.6 Å². The number of hydrogen-bond donors (Lipinski definition) is 1. The summed E-state index contributed by atoms with van der Waals surface area (Å²) in [6.45, 7) is 0.179. The van der Waals surface area contributed by atoms with Crippen LogP contribution in [0.5, 0.6) is 0 Å². The van der Waals surface area contributed by atoms with Gasteiger partial charge in [0.05, 0.1) is 5.56 Å². The number of nitrogens with one attached hydrogen (secondary N) is 1. The fourth-order valence-electron chi connectivity index (χ4n) is 1.68. The normalized spacial score (nSPS) is 10.5. The maximum Gasteiger partial charge on any atom is 0.254 e. The van der Waals surface area contributed by atoms with E-state index in [0.29, 0.717) is 5.56 Å². The summed E-state index contributed by atoms with van der Waals surface area (Å²) >= 11 is 11.4. The van der Waals surface area contributed by atoms with Gasteiger partial charge in [-0.1, -0.05) is 23.2 Å². The van der Waals surface area contributed by atoms with Crippen LogP contribution in [0.1, 0.15) is 15.9 Å². The van der Waals surface area contributed by atoms with E-state index in [0.717, 1.165) is 6.07 Å². The second-order valence-electron chi connectivity index (χ2n) is 4.16. The van der Waals surface area contributed by atoms with Gasteiger partial charge < -0.3 is 5.32 Å². The number of carbonyl (C=O) groups excluding carboxylic acids is 1. The molecule has 0 saturated carbocycles. The number of hydrogen-bond acceptors (Lipinski definition) is 3. The zero-order valence-corrected chi connectivity index (χ0v) is 12.1. The third kappa shape index (κ3) is 4.34. The number of carbonyl (C=O) groups is 1. The SMILES string of the molecule is O=C(NCCc1cc(F)cc(F)c1)c1cc(Cl)nnc1Cl. The van der Waals surface area contributed by atoms with E-state index in [1.54, 1.807) is 0 Å². The molecule has 4 nitrogen and oxygen atoms in total. The molecule has 1 amide bonds. The summed E-state index contributed by atoms with van der Waals surface area (Å²) in [6, 6.07) is 4.47. The van der Waals surface area contributed by atoms with E-state index in [2.05, 4.69) is 15.5 Å². The molecule has 0 bridgehead atoms. The topological polar surface area (TPSA) is 54.9 Å². The molecule has 1 aromatic carbocycles. The molecule has 1 aromatic heterocycles. The Morgan fingerprint density at radius 3 is 2.43 bits per heavy atom. The number of rotatable bonds is 4. The van der Waals surface area contributed by atoms with Gasteiger partial charge >= 0.3 is 0 Å². The van der Waals surface area contributed by atoms with Crippen LogP contribution in [0.25, 0.3) is 0 Å². The van der Waals surface area contributed by atoms with Crippen molar-refractivity contribution < 1.29 is 13.6 Å². The van der Waals surface area contributed by atoms with Crippen molar-refractivity contribution in [2.24, 2.45) is 0 Å². The van der Waals surface area contributed by atoms with Crippen LogP contribution >= 0.6 is 23.2 Å². The Morgan fingerprint density at radius 1 is 1.10 bits per heavy atom. The Balaban J connectivity index is 1.96. The summed E-state index contributed by atoms with van der Waals surface area (Å²) in [5.41, 5.74) is 0.520. The Labute approximate surface area is 129 Å². The van der Waals surface area contributed by atoms with Crippen LogP contribution in [0.15, 0.2) is 24.3 Å². The summed E-state index contributed by atoms with van der Waals surface area (Å²) in [5, 5.41) is 9.52. The lowest BCUT2D eigenvalue weighted by molar-refractivity contribution is 0.0953. The van der Waals surface area contributed by atoms with Gasteiger partial charge in [-0.2, -0.15) is 0 Å². The molecular formula is C13H9Cl2F2N3O. The molecular weight excluding hydrogens is 323 g/mol. The molecule has 0 radical (unpaired) electrons. The molecule has 0 atom stereocenters. The van der Waals surface area contributed by atoms with Crippen LogP contribution in [0.2, 0.25) is 10.3 Å². The third-order valence-corrected chi connectivity index (χ3v) is 3.05. The molecule has 8 heteroatoms. The summed E-state index contributed by atoms with van der Waals surface area (Å²) in [7, 11) is 0. The minimum Gasteiger partial charge on any atom is -0.352 e. The standard InChI is InChI=1S/C13H9Cl2F2N3O/c14-11-6-10(12(15)20-19-11)13(21)18-2-1-7-3-8(16)5-9(17)4-7/h3-6H,1-2H2,(H,18,21). The number of benzene rings is 1. The first-order chi connectivity index (χ1) is 9.95. The van der Waals surface area contributed by atoms with Gasteiger partial charge in [-0.15, -0.1) is 10.2 Å². The van der Waals surface area contributed by atoms with Crippen molar-refractivity contribution in [3.05, 3.63) is 57.3 Å². The maximum absolute atomic E-state index is 13.0. The highest BCUT2D eigenvalue weighted by atomic mass is 35.5. The lowest BCUT2D eigenvalue weighted by Crippen LogP contribution is -2.26. The molecule has 21 heavy (non-hydrogen) atoms. The Hall–Kier alpha value is -1.79. The van der Waals surface area contributed by atoms with E-state index >= 15 is 0 Å². The Kier molecular flexibility index (Phi) is 5.03. The van der Waals surface area contributed by atoms with Crippen LogP contribution in [0.3, 0.4) is 0 Å². The average molecular weight is 332 g/mol. The first kappa shape index (κ1) is 15.6. The second kappa shape index (κ2) is 6.78. The van der Waals surface area contributed by atoms with Crippen molar-refractivity contribution in [2.45, 2.75) is 6.42 Å². The Morgan fingerprint density at radius 2 is 1.76 bits per heavy atom. The molecule has 0 aliphatic carbocycles. The molecule has 0 spiro atoms. The molecule has 0 aliphatic rings. The molecule has 0 aliphatic heterocycles. The fourth-order valence-corrected chi connectivity index (χ4v) is 2.01. The molecule has 0 saturated heterocycles. The predicted molar refractivity (Wildman–Crippen MR) is 74.4 cm³/mol. The first-order valence-corrected chi connectivity index (χ1v) is 6.63. The lowest BCUT2D eigenvalue weighted by Gasteiger charge is -2.06. The zero-order chi connectivity index (χ0) is 15.4. The zero-order valence-electron chi connectivity index (χ0n) is 10.5. The minimum absolute atomic E-state index is 0.0387. The van der Waals surface area contributed by atoms with Gasteiger partial charge in [0.15, 0.2) is 10.3 Å². The summed E-state index contributed by atoms with van der Waals surface area (Å²) in [4.78, 5) is 11.9. The molecule has 0 unspecified atom stereocenters. The summed E-state index contributed by atoms with van der Waals surface area (Å²) < 4.78 is 26.0. The molecule has 2 aromatic rings. The lowest BCUT2D eigenvalue weighted by atomic mass is 10.1. The highest BCUT2D eigenvalue weighted by Crippen LogP contribution is 2.15. The number of halogens is 4. The van der Waals surface area contributed by atoms with Gasteiger partial charge in [-0.05, 0) is 30.2 Å². The maximum atomic E-state index is 13.0. The van der Waals surface area contributed by atoms with Gasteiger partial charge in [0.1, 0.15) is 11.6 Å². The number of amides is 1. The van der Waals surface area contributed by atoms with E-state index in [1.165, 1.54) is 18.2 Å². The first-order valence-electron chi connectivity index (χ1n) is 5.87. The van der Waals surface area contributed by atoms with Gasteiger partial charge in [0, 0.05) is 12.6 Å². The van der Waals surface area contributed by atoms with Gasteiger partial charge in [-0.3, -0.25) is 4.79 Å². The smallest absolute Gasteiger partial charge is 0.254 e. The largest absolute Gasteiger partial charge is 0.352 e. The fraction of sp³-hybridized carbons (Fsp3) is 0.154. The molecule has 1 heterocycles. The van der Waals surface area contributed by atoms with Crippen LogP contribution in [-0.2, 0) is 6.42 Å². The monoisotopic (exact) mass is 331 g/mol. The molecule has 110 valence electrons. The predicted octanol–water partition coefficient (Wildman–Crippen LogP) is 3.03. The number of aromatic nitrogens is 2. The highest BCUT2D eigenvalue weighted by molar-refractivity contribution is 6.34. The van der Waals surface area contributed by atoms with Crippen LogP contribution in [0.4, 0.5) is 8.78 Å². The van der Waals surface area contributed by atoms with E-state index in [1.807, 2.05) is 0 Å². The van der Waals surface area contributed by atoms with Gasteiger partial charge in [0.25, 0.3) is 5.91 Å². The minimum atomic E-state index is -0.663. The summed E-state index contributed by atoms with van der Waals surface area (Å²) in [5.74, 6) is -1.82. The highest BCUT2D eigenvalue weighted by Gasteiger charge is 2.12. The van der Waals surface area contributed by atoms with Gasteiger partial charge in [0.2, 0.25) is 0 Å². The van der Waals surface area contributed by atoms with Crippen molar-refractivity contribution in [3.8, 4) is 0 Å². The molecule has 1 N–H and O–H groups in total. The number of nitrogens with zero attached hydrogens (tertiary/aromatic N) is 2. The van der Waals surface area contributed by atoms with Gasteiger partial charge in [-0.25, -0.2) is 8.78 Å². The molecule has 2 rings (SSSR count). The average Bonchev–Trinajstić information content (AvgIpc) is 2.40. The van der Waals surface area contributed by atoms with Crippen LogP contribution in [0, 0.1) is 11.6 Å². The second-order valence-corrected chi connectivity index (χ2v) is 4.90.